The van der Waals surface area contributed by atoms with Crippen molar-refractivity contribution in [3.63, 3.8) is 0 Å². The van der Waals surface area contributed by atoms with E-state index in [-0.39, 0.29) is 5.56 Å². The maximum atomic E-state index is 12.8. The van der Waals surface area contributed by atoms with Gasteiger partial charge < -0.3 is 9.64 Å². The zero-order valence-electron chi connectivity index (χ0n) is 28.8. The van der Waals surface area contributed by atoms with Crippen LogP contribution in [0.4, 0.5) is 17.1 Å². The second-order valence-electron chi connectivity index (χ2n) is 12.5. The van der Waals surface area contributed by atoms with Gasteiger partial charge in [-0.05, 0) is 97.5 Å². The first-order chi connectivity index (χ1) is 23.8. The molecule has 0 aliphatic carbocycles. The number of hydrogen-bond acceptors (Lipinski definition) is 8. The number of benzene rings is 4. The molecule has 2 N–H and O–H groups in total. The van der Waals surface area contributed by atoms with Crippen molar-refractivity contribution in [1.82, 2.24) is 0 Å². The fourth-order valence-corrected chi connectivity index (χ4v) is 7.48. The van der Waals surface area contributed by atoms with Gasteiger partial charge >= 0.3 is 0 Å². The van der Waals surface area contributed by atoms with E-state index in [0.29, 0.717) is 45.6 Å². The van der Waals surface area contributed by atoms with E-state index in [9.17, 15) is 25.9 Å². The zero-order valence-corrected chi connectivity index (χ0v) is 30.4. The average molecular weight is 718 g/mol. The molecule has 1 aliphatic rings. The minimum Gasteiger partial charge on any atom is -0.456 e. The van der Waals surface area contributed by atoms with Crippen LogP contribution in [0.25, 0.3) is 12.2 Å². The minimum atomic E-state index is -4.97. The molecule has 1 heterocycles. The van der Waals surface area contributed by atoms with Crippen molar-refractivity contribution in [3.05, 3.63) is 99.4 Å². The standard InChI is InChI=1S/C38H43N3O7S2/c1-6-9-11-26-22-34-37(33-20-18-30(49(42,43)44)24-36(33)50(45,46)47)32-19-15-28(23-35(32)48-38(34)31(25(26)4)12-10-7-2)40-39-27-13-16-29(17-14-27)41(5)21-8-3/h13-20,22-24H,4,6-12,21H2,1-3,5H3,(H,42,43,44)(H,45,46,47). The Morgan fingerprint density at radius 2 is 1.40 bits per heavy atom. The number of unbranched alkanes of at least 4 members (excludes halogenated alkanes) is 2. The second kappa shape index (κ2) is 15.3. The van der Waals surface area contributed by atoms with Crippen LogP contribution >= 0.6 is 0 Å². The number of ether oxygens (including phenoxy) is 1. The van der Waals surface area contributed by atoms with Crippen LogP contribution in [-0.4, -0.2) is 39.5 Å². The molecule has 0 saturated carbocycles. The highest BCUT2D eigenvalue weighted by atomic mass is 32.2. The van der Waals surface area contributed by atoms with Crippen LogP contribution in [-0.2, 0) is 33.1 Å². The van der Waals surface area contributed by atoms with E-state index in [1.54, 1.807) is 18.2 Å². The van der Waals surface area contributed by atoms with Gasteiger partial charge in [0.15, 0.2) is 0 Å². The molecule has 0 bridgehead atoms. The maximum absolute atomic E-state index is 12.8. The summed E-state index contributed by atoms with van der Waals surface area (Å²) >= 11 is 0. The molecule has 0 amide bonds. The molecule has 50 heavy (non-hydrogen) atoms. The minimum absolute atomic E-state index is 0.0490. The van der Waals surface area contributed by atoms with E-state index in [1.807, 2.05) is 37.4 Å². The van der Waals surface area contributed by atoms with Gasteiger partial charge in [0.1, 0.15) is 16.4 Å². The third kappa shape index (κ3) is 7.99. The number of azo groups is 1. The fourth-order valence-electron chi connectivity index (χ4n) is 6.18. The van der Waals surface area contributed by atoms with Crippen LogP contribution in [0.15, 0.2) is 86.7 Å². The van der Waals surface area contributed by atoms with Crippen molar-refractivity contribution in [2.75, 3.05) is 18.5 Å². The Morgan fingerprint density at radius 1 is 0.760 bits per heavy atom. The summed E-state index contributed by atoms with van der Waals surface area (Å²) in [5.41, 5.74) is 5.07. The molecule has 4 aromatic rings. The van der Waals surface area contributed by atoms with E-state index in [2.05, 4.69) is 42.5 Å². The summed E-state index contributed by atoms with van der Waals surface area (Å²) in [4.78, 5) is 0.834. The number of fused-ring (bicyclic) bond motifs is 2. The topological polar surface area (TPSA) is 146 Å². The number of rotatable bonds is 14. The lowest BCUT2D eigenvalue weighted by atomic mass is 9.88. The van der Waals surface area contributed by atoms with E-state index in [4.69, 9.17) is 4.74 Å². The summed E-state index contributed by atoms with van der Waals surface area (Å²) in [5, 5.41) is 10.3. The highest BCUT2D eigenvalue weighted by Gasteiger charge is 2.29. The number of anilines is 1. The highest BCUT2D eigenvalue weighted by molar-refractivity contribution is 7.86. The molecule has 0 radical (unpaired) electrons. The molecule has 0 atom stereocenters. The van der Waals surface area contributed by atoms with Gasteiger partial charge in [0.25, 0.3) is 20.2 Å². The van der Waals surface area contributed by atoms with Crippen LogP contribution in [0, 0.1) is 0 Å². The van der Waals surface area contributed by atoms with Crippen molar-refractivity contribution in [1.29, 1.82) is 0 Å². The molecule has 5 rings (SSSR count). The first kappa shape index (κ1) is 36.9. The Morgan fingerprint density at radius 3 is 2.04 bits per heavy atom. The number of nitrogens with zero attached hydrogens (tertiary/aromatic N) is 3. The molecule has 4 aromatic carbocycles. The van der Waals surface area contributed by atoms with Crippen LogP contribution in [0.1, 0.15) is 75.1 Å². The first-order valence-corrected chi connectivity index (χ1v) is 19.7. The lowest BCUT2D eigenvalue weighted by Crippen LogP contribution is -2.27. The van der Waals surface area contributed by atoms with Crippen molar-refractivity contribution < 1.29 is 30.7 Å². The Bertz CT molecular complexity index is 2270. The third-order valence-electron chi connectivity index (χ3n) is 8.81. The lowest BCUT2D eigenvalue weighted by molar-refractivity contribution is 0.463. The second-order valence-corrected chi connectivity index (χ2v) is 15.3. The SMILES string of the molecule is C=c1c(CCCC)cc2c(c1CCCC)Oc1cc(N=Nc3ccc(N(C)CCC)cc3)ccc1C=2c1ccc(S(=O)(=O)O)cc1S(=O)(=O)O. The van der Waals surface area contributed by atoms with Crippen LogP contribution < -0.4 is 20.1 Å². The summed E-state index contributed by atoms with van der Waals surface area (Å²) in [7, 11) is -7.72. The van der Waals surface area contributed by atoms with Crippen LogP contribution in [0.5, 0.6) is 11.5 Å². The molecule has 264 valence electrons. The third-order valence-corrected chi connectivity index (χ3v) is 10.6. The summed E-state index contributed by atoms with van der Waals surface area (Å²) in [6.07, 6.45) is 6.08. The molecule has 10 nitrogen and oxygen atoms in total. The van der Waals surface area contributed by atoms with Gasteiger partial charge in [-0.2, -0.15) is 27.1 Å². The first-order valence-electron chi connectivity index (χ1n) is 16.8. The van der Waals surface area contributed by atoms with E-state index < -0.39 is 30.0 Å². The van der Waals surface area contributed by atoms with E-state index in [1.165, 1.54) is 6.07 Å². The fraction of sp³-hybridized carbons (Fsp3) is 0.316. The van der Waals surface area contributed by atoms with Gasteiger partial charge in [-0.25, -0.2) is 0 Å². The van der Waals surface area contributed by atoms with Gasteiger partial charge in [-0.1, -0.05) is 46.3 Å². The van der Waals surface area contributed by atoms with Crippen LogP contribution in [0.2, 0.25) is 0 Å². The normalized spacial score (nSPS) is 12.9. The molecule has 0 unspecified atom stereocenters. The summed E-state index contributed by atoms with van der Waals surface area (Å²) in [5.74, 6) is 0.881. The molecule has 0 fully saturated rings. The largest absolute Gasteiger partial charge is 0.456 e. The van der Waals surface area contributed by atoms with Crippen molar-refractivity contribution in [2.24, 2.45) is 10.2 Å². The predicted octanol–water partition coefficient (Wildman–Crippen LogP) is 7.89. The van der Waals surface area contributed by atoms with Gasteiger partial charge in [0.05, 0.1) is 16.3 Å². The number of hydrogen-bond donors (Lipinski definition) is 2. The Balaban J connectivity index is 1.75. The van der Waals surface area contributed by atoms with Crippen LogP contribution in [0.3, 0.4) is 0 Å². The molecular weight excluding hydrogens is 675 g/mol. The van der Waals surface area contributed by atoms with Crippen molar-refractivity contribution in [2.45, 2.75) is 75.5 Å². The molecule has 1 aliphatic heterocycles. The van der Waals surface area contributed by atoms with Gasteiger partial charge in [0.2, 0.25) is 0 Å². The smallest absolute Gasteiger partial charge is 0.295 e. The Labute approximate surface area is 294 Å². The quantitative estimate of drug-likeness (QED) is 0.0871. The zero-order chi connectivity index (χ0) is 36.2. The molecule has 0 spiro atoms. The summed E-state index contributed by atoms with van der Waals surface area (Å²) in [6, 6.07) is 18.0. The van der Waals surface area contributed by atoms with E-state index in [0.717, 1.165) is 79.2 Å². The maximum Gasteiger partial charge on any atom is 0.295 e. The van der Waals surface area contributed by atoms with Gasteiger partial charge in [-0.15, -0.1) is 0 Å². The van der Waals surface area contributed by atoms with Crippen molar-refractivity contribution >= 4 is 49.5 Å². The Hall–Kier alpha value is -4.36. The van der Waals surface area contributed by atoms with Gasteiger partial charge in [-0.3, -0.25) is 9.11 Å². The summed E-state index contributed by atoms with van der Waals surface area (Å²) in [6.45, 7) is 11.7. The lowest BCUT2D eigenvalue weighted by Gasteiger charge is -2.25. The van der Waals surface area contributed by atoms with Gasteiger partial charge in [0, 0.05) is 52.8 Å². The van der Waals surface area contributed by atoms with Crippen molar-refractivity contribution in [3.8, 4) is 11.5 Å². The van der Waals surface area contributed by atoms with E-state index >= 15 is 0 Å². The monoisotopic (exact) mass is 717 g/mol. The molecule has 0 saturated heterocycles. The predicted molar refractivity (Wildman–Crippen MR) is 197 cm³/mol. The average Bonchev–Trinajstić information content (AvgIpc) is 3.08. The Kier molecular flexibility index (Phi) is 11.3. The number of aryl methyl sites for hydroxylation is 1. The molecule has 0 aromatic heterocycles. The highest BCUT2D eigenvalue weighted by Crippen LogP contribution is 2.41. The molecular formula is C38H43N3O7S2. The summed E-state index contributed by atoms with van der Waals surface area (Å²) < 4.78 is 76.5. The molecule has 12 heteroatoms.